The highest BCUT2D eigenvalue weighted by atomic mass is 32.2. The molecule has 0 fully saturated rings. The molecule has 1 nitrogen and oxygen atoms in total. The van der Waals surface area contributed by atoms with E-state index in [4.69, 9.17) is 0 Å². The molecule has 14 heavy (non-hydrogen) atoms. The molecule has 0 saturated heterocycles. The highest BCUT2D eigenvalue weighted by Gasteiger charge is 2.16. The van der Waals surface area contributed by atoms with E-state index in [1.165, 1.54) is 36.3 Å². The number of hydrogen-bond donors (Lipinski definition) is 1. The minimum atomic E-state index is 0.599. The van der Waals surface area contributed by atoms with Gasteiger partial charge in [0.25, 0.3) is 0 Å². The summed E-state index contributed by atoms with van der Waals surface area (Å²) in [5.74, 6) is 0. The van der Waals surface area contributed by atoms with Crippen LogP contribution in [0, 0.1) is 0 Å². The maximum Gasteiger partial charge on any atom is 0.0735 e. The number of rotatable bonds is 4. The first-order valence-corrected chi connectivity index (χ1v) is 6.75. The topological polar surface area (TPSA) is 12.0 Å². The van der Waals surface area contributed by atoms with Gasteiger partial charge in [0.1, 0.15) is 0 Å². The molecule has 1 heterocycles. The molecular formula is C12H25NS. The lowest BCUT2D eigenvalue weighted by atomic mass is 10.1. The SMILES string of the molecule is CC.CCCCCC1=C(C)SC(C)N1. The number of unbranched alkanes of at least 4 members (excludes halogenated alkanes) is 2. The monoisotopic (exact) mass is 215 g/mol. The molecule has 0 amide bonds. The van der Waals surface area contributed by atoms with Crippen molar-refractivity contribution in [1.82, 2.24) is 5.32 Å². The second-order valence-corrected chi connectivity index (χ2v) is 4.95. The number of thioether (sulfide) groups is 1. The molecule has 0 aromatic rings. The predicted molar refractivity (Wildman–Crippen MR) is 68.4 cm³/mol. The van der Waals surface area contributed by atoms with Gasteiger partial charge in [0.15, 0.2) is 0 Å². The predicted octanol–water partition coefficient (Wildman–Crippen LogP) is 4.51. The van der Waals surface area contributed by atoms with Crippen LogP contribution in [0.2, 0.25) is 0 Å². The van der Waals surface area contributed by atoms with Gasteiger partial charge in [-0.05, 0) is 26.7 Å². The Morgan fingerprint density at radius 3 is 2.36 bits per heavy atom. The van der Waals surface area contributed by atoms with Crippen molar-refractivity contribution in [2.45, 2.75) is 65.7 Å². The van der Waals surface area contributed by atoms with Gasteiger partial charge in [0.2, 0.25) is 0 Å². The third kappa shape index (κ3) is 4.94. The van der Waals surface area contributed by atoms with Crippen molar-refractivity contribution in [1.29, 1.82) is 0 Å². The first kappa shape index (κ1) is 13.9. The molecule has 0 radical (unpaired) electrons. The Balaban J connectivity index is 0.000000791. The summed E-state index contributed by atoms with van der Waals surface area (Å²) >= 11 is 1.96. The van der Waals surface area contributed by atoms with E-state index < -0.39 is 0 Å². The van der Waals surface area contributed by atoms with Crippen molar-refractivity contribution in [3.8, 4) is 0 Å². The summed E-state index contributed by atoms with van der Waals surface area (Å²) in [6.45, 7) is 10.7. The third-order valence-electron chi connectivity index (χ3n) is 2.19. The molecule has 0 bridgehead atoms. The lowest BCUT2D eigenvalue weighted by Gasteiger charge is -2.06. The molecule has 0 aromatic heterocycles. The number of nitrogens with one attached hydrogen (secondary N) is 1. The van der Waals surface area contributed by atoms with Crippen molar-refractivity contribution in [3.63, 3.8) is 0 Å². The summed E-state index contributed by atoms with van der Waals surface area (Å²) in [5, 5.41) is 4.10. The van der Waals surface area contributed by atoms with Crippen LogP contribution in [0.25, 0.3) is 0 Å². The van der Waals surface area contributed by atoms with Gasteiger partial charge in [-0.25, -0.2) is 0 Å². The largest absolute Gasteiger partial charge is 0.376 e. The minimum Gasteiger partial charge on any atom is -0.376 e. The fourth-order valence-corrected chi connectivity index (χ4v) is 2.55. The van der Waals surface area contributed by atoms with E-state index in [1.54, 1.807) is 0 Å². The first-order chi connectivity index (χ1) is 6.74. The Hall–Kier alpha value is -0.110. The van der Waals surface area contributed by atoms with E-state index in [0.29, 0.717) is 5.37 Å². The van der Waals surface area contributed by atoms with Gasteiger partial charge in [-0.15, -0.1) is 11.8 Å². The van der Waals surface area contributed by atoms with Crippen LogP contribution in [0.3, 0.4) is 0 Å². The first-order valence-electron chi connectivity index (χ1n) is 5.87. The number of hydrogen-bond acceptors (Lipinski definition) is 2. The van der Waals surface area contributed by atoms with E-state index in [9.17, 15) is 0 Å². The van der Waals surface area contributed by atoms with Crippen molar-refractivity contribution >= 4 is 11.8 Å². The molecule has 2 heteroatoms. The van der Waals surface area contributed by atoms with Gasteiger partial charge < -0.3 is 5.32 Å². The average Bonchev–Trinajstić information content (AvgIpc) is 2.49. The molecular weight excluding hydrogens is 190 g/mol. The number of allylic oxidation sites excluding steroid dienone is 2. The van der Waals surface area contributed by atoms with E-state index in [1.807, 2.05) is 25.6 Å². The summed E-state index contributed by atoms with van der Waals surface area (Å²) in [6.07, 6.45) is 5.26. The molecule has 0 aromatic carbocycles. The summed E-state index contributed by atoms with van der Waals surface area (Å²) in [4.78, 5) is 1.50. The summed E-state index contributed by atoms with van der Waals surface area (Å²) in [6, 6.07) is 0. The minimum absolute atomic E-state index is 0.599. The van der Waals surface area contributed by atoms with Gasteiger partial charge in [0, 0.05) is 10.6 Å². The third-order valence-corrected chi connectivity index (χ3v) is 3.26. The molecule has 0 aliphatic carbocycles. The van der Waals surface area contributed by atoms with E-state index in [2.05, 4.69) is 26.1 Å². The molecule has 1 rings (SSSR count). The highest BCUT2D eigenvalue weighted by molar-refractivity contribution is 8.03. The van der Waals surface area contributed by atoms with E-state index in [-0.39, 0.29) is 0 Å². The second kappa shape index (κ2) is 8.22. The van der Waals surface area contributed by atoms with Crippen molar-refractivity contribution in [2.24, 2.45) is 0 Å². The maximum absolute atomic E-state index is 3.51. The normalized spacial score (nSPS) is 20.2. The van der Waals surface area contributed by atoms with Crippen LogP contribution >= 0.6 is 11.8 Å². The molecule has 1 aliphatic rings. The van der Waals surface area contributed by atoms with Crippen LogP contribution in [-0.4, -0.2) is 5.37 Å². The zero-order chi connectivity index (χ0) is 11.0. The molecule has 1 aliphatic heterocycles. The molecule has 1 unspecified atom stereocenters. The van der Waals surface area contributed by atoms with Crippen LogP contribution < -0.4 is 5.32 Å². The van der Waals surface area contributed by atoms with Crippen molar-refractivity contribution in [3.05, 3.63) is 10.6 Å². The fraction of sp³-hybridized carbons (Fsp3) is 0.833. The lowest BCUT2D eigenvalue weighted by Crippen LogP contribution is -2.16. The van der Waals surface area contributed by atoms with Gasteiger partial charge >= 0.3 is 0 Å². The zero-order valence-corrected chi connectivity index (χ0v) is 11.1. The van der Waals surface area contributed by atoms with Gasteiger partial charge in [0.05, 0.1) is 5.37 Å². The Kier molecular flexibility index (Phi) is 8.15. The quantitative estimate of drug-likeness (QED) is 0.693. The summed E-state index contributed by atoms with van der Waals surface area (Å²) < 4.78 is 0. The Morgan fingerprint density at radius 2 is 1.93 bits per heavy atom. The molecule has 1 atom stereocenters. The highest BCUT2D eigenvalue weighted by Crippen LogP contribution is 2.31. The smallest absolute Gasteiger partial charge is 0.0735 e. The van der Waals surface area contributed by atoms with E-state index in [0.717, 1.165) is 0 Å². The Bertz CT molecular complexity index is 175. The summed E-state index contributed by atoms with van der Waals surface area (Å²) in [7, 11) is 0. The fourth-order valence-electron chi connectivity index (χ4n) is 1.51. The Labute approximate surface area is 93.7 Å². The molecule has 1 N–H and O–H groups in total. The van der Waals surface area contributed by atoms with Crippen molar-refractivity contribution < 1.29 is 0 Å². The maximum atomic E-state index is 3.51. The van der Waals surface area contributed by atoms with Crippen molar-refractivity contribution in [2.75, 3.05) is 0 Å². The lowest BCUT2D eigenvalue weighted by molar-refractivity contribution is 0.669. The van der Waals surface area contributed by atoms with Gasteiger partial charge in [-0.3, -0.25) is 0 Å². The molecule has 0 spiro atoms. The van der Waals surface area contributed by atoms with Gasteiger partial charge in [-0.1, -0.05) is 33.6 Å². The second-order valence-electron chi connectivity index (χ2n) is 3.40. The van der Waals surface area contributed by atoms with Crippen LogP contribution in [0.1, 0.15) is 60.3 Å². The van der Waals surface area contributed by atoms with Crippen LogP contribution in [0.15, 0.2) is 10.6 Å². The molecule has 84 valence electrons. The zero-order valence-electron chi connectivity index (χ0n) is 10.3. The van der Waals surface area contributed by atoms with E-state index >= 15 is 0 Å². The molecule has 0 saturated carbocycles. The Morgan fingerprint density at radius 1 is 1.29 bits per heavy atom. The van der Waals surface area contributed by atoms with Gasteiger partial charge in [-0.2, -0.15) is 0 Å². The standard InChI is InChI=1S/C10H19NS.C2H6/c1-4-5-6-7-10-8(2)12-9(3)11-10;1-2/h9,11H,4-7H2,1-3H3;1-2H3. The average molecular weight is 215 g/mol. The summed E-state index contributed by atoms with van der Waals surface area (Å²) in [5.41, 5.74) is 1.49. The van der Waals surface area contributed by atoms with Crippen LogP contribution in [-0.2, 0) is 0 Å². The van der Waals surface area contributed by atoms with Crippen LogP contribution in [0.4, 0.5) is 0 Å². The van der Waals surface area contributed by atoms with Crippen LogP contribution in [0.5, 0.6) is 0 Å².